The molecule has 1 atom stereocenters. The van der Waals surface area contributed by atoms with E-state index >= 15 is 0 Å². The lowest BCUT2D eigenvalue weighted by atomic mass is 9.94. The molecule has 0 unspecified atom stereocenters. The molecule has 12 heteroatoms. The van der Waals surface area contributed by atoms with Crippen LogP contribution in [0.2, 0.25) is 0 Å². The van der Waals surface area contributed by atoms with Gasteiger partial charge in [0.25, 0.3) is 0 Å². The van der Waals surface area contributed by atoms with Crippen molar-refractivity contribution in [3.05, 3.63) is 77.3 Å². The first-order chi connectivity index (χ1) is 21.3. The van der Waals surface area contributed by atoms with Gasteiger partial charge in [0, 0.05) is 12.6 Å². The lowest BCUT2D eigenvalue weighted by Crippen LogP contribution is -2.48. The van der Waals surface area contributed by atoms with Gasteiger partial charge in [0.2, 0.25) is 17.6 Å². The number of aromatic nitrogens is 4. The second-order valence-corrected chi connectivity index (χ2v) is 10.9. The Kier molecular flexibility index (Phi) is 9.88. The molecule has 1 fully saturated rings. The Bertz CT molecular complexity index is 1560. The van der Waals surface area contributed by atoms with E-state index in [0.29, 0.717) is 35.0 Å². The van der Waals surface area contributed by atoms with Crippen molar-refractivity contribution in [1.82, 2.24) is 30.4 Å². The summed E-state index contributed by atoms with van der Waals surface area (Å²) in [6.07, 6.45) is 5.35. The third-order valence-corrected chi connectivity index (χ3v) is 7.80. The number of furan rings is 1. The minimum atomic E-state index is -1.01. The first-order valence-electron chi connectivity index (χ1n) is 14.8. The molecular formula is C32H37FN6O5. The van der Waals surface area contributed by atoms with Crippen LogP contribution in [0.5, 0.6) is 11.5 Å². The number of tetrazole rings is 1. The number of halogens is 1. The highest BCUT2D eigenvalue weighted by molar-refractivity contribution is 5.89. The first kappa shape index (κ1) is 30.7. The average Bonchev–Trinajstić information content (AvgIpc) is 3.68. The Balaban J connectivity index is 1.45. The summed E-state index contributed by atoms with van der Waals surface area (Å²) in [4.78, 5) is 30.7. The number of carbonyl (C=O) groups is 2. The van der Waals surface area contributed by atoms with Gasteiger partial charge in [-0.15, -0.1) is 10.2 Å². The monoisotopic (exact) mass is 604 g/mol. The number of benzene rings is 2. The quantitative estimate of drug-likeness (QED) is 0.248. The lowest BCUT2D eigenvalue weighted by molar-refractivity contribution is -0.142. The van der Waals surface area contributed by atoms with Crippen LogP contribution in [0.25, 0.3) is 11.6 Å². The van der Waals surface area contributed by atoms with Crippen molar-refractivity contribution in [2.24, 2.45) is 0 Å². The molecule has 1 aliphatic carbocycles. The van der Waals surface area contributed by atoms with Crippen molar-refractivity contribution in [2.45, 2.75) is 64.1 Å². The van der Waals surface area contributed by atoms with Gasteiger partial charge in [-0.25, -0.2) is 4.39 Å². The van der Waals surface area contributed by atoms with E-state index in [1.807, 2.05) is 19.1 Å². The van der Waals surface area contributed by atoms with Crippen molar-refractivity contribution < 1.29 is 27.9 Å². The SMILES string of the molecule is COc1ccc(CCN(C(=O)Cn2nnc(-c3ccc(C)o3)n2)[C@H](C(=O)NC2CCCCC2)c2ccc(F)cc2)cc1OC. The predicted octanol–water partition coefficient (Wildman–Crippen LogP) is 4.66. The summed E-state index contributed by atoms with van der Waals surface area (Å²) in [5.41, 5.74) is 1.37. The average molecular weight is 605 g/mol. The zero-order valence-corrected chi connectivity index (χ0v) is 25.2. The standard InChI is InChI=1S/C32H37FN6O5/c1-21-9-15-27(44-21)31-35-37-39(36-31)20-29(40)38(18-17-22-10-16-26(42-2)28(19-22)43-3)30(23-11-13-24(33)14-12-23)32(41)34-25-7-5-4-6-8-25/h9-16,19,25,30H,4-8,17-18,20H2,1-3H3,(H,34,41)/t30-/m0/s1. The molecule has 0 spiro atoms. The fourth-order valence-electron chi connectivity index (χ4n) is 5.50. The maximum Gasteiger partial charge on any atom is 0.247 e. The molecule has 11 nitrogen and oxygen atoms in total. The number of nitrogens with zero attached hydrogens (tertiary/aromatic N) is 5. The number of amides is 2. The van der Waals surface area contributed by atoms with E-state index in [0.717, 1.165) is 37.7 Å². The Hall–Kier alpha value is -4.74. The molecule has 5 rings (SSSR count). The summed E-state index contributed by atoms with van der Waals surface area (Å²) in [6.45, 7) is 1.71. The van der Waals surface area contributed by atoms with Gasteiger partial charge in [0.05, 0.1) is 14.2 Å². The highest BCUT2D eigenvalue weighted by Crippen LogP contribution is 2.29. The van der Waals surface area contributed by atoms with Crippen LogP contribution in [0, 0.1) is 12.7 Å². The number of rotatable bonds is 12. The molecule has 2 aromatic carbocycles. The number of carbonyl (C=O) groups excluding carboxylic acids is 2. The molecule has 2 amide bonds. The number of aryl methyl sites for hydroxylation is 1. The Morgan fingerprint density at radius 1 is 1.05 bits per heavy atom. The van der Waals surface area contributed by atoms with E-state index in [1.54, 1.807) is 44.6 Å². The van der Waals surface area contributed by atoms with Crippen LogP contribution in [0.3, 0.4) is 0 Å². The molecule has 0 aliphatic heterocycles. The van der Waals surface area contributed by atoms with Crippen molar-refractivity contribution in [3.63, 3.8) is 0 Å². The molecule has 44 heavy (non-hydrogen) atoms. The van der Waals surface area contributed by atoms with Gasteiger partial charge < -0.3 is 24.1 Å². The van der Waals surface area contributed by atoms with Gasteiger partial charge in [0.1, 0.15) is 24.2 Å². The number of ether oxygens (including phenoxy) is 2. The smallest absolute Gasteiger partial charge is 0.247 e. The fraction of sp³-hybridized carbons (Fsp3) is 0.406. The van der Waals surface area contributed by atoms with Crippen molar-refractivity contribution in [2.75, 3.05) is 20.8 Å². The molecule has 0 radical (unpaired) electrons. The molecule has 4 aromatic rings. The van der Waals surface area contributed by atoms with Crippen molar-refractivity contribution in [3.8, 4) is 23.1 Å². The van der Waals surface area contributed by atoms with E-state index < -0.39 is 17.8 Å². The van der Waals surface area contributed by atoms with Crippen LogP contribution in [-0.2, 0) is 22.6 Å². The predicted molar refractivity (Wildman–Crippen MR) is 159 cm³/mol. The summed E-state index contributed by atoms with van der Waals surface area (Å²) in [7, 11) is 3.12. The number of hydrogen-bond acceptors (Lipinski definition) is 8. The van der Waals surface area contributed by atoms with Gasteiger partial charge in [0.15, 0.2) is 17.3 Å². The highest BCUT2D eigenvalue weighted by Gasteiger charge is 2.33. The normalized spacial score (nSPS) is 14.2. The Labute approximate surface area is 255 Å². The summed E-state index contributed by atoms with van der Waals surface area (Å²) in [6, 6.07) is 13.7. The van der Waals surface area contributed by atoms with Crippen LogP contribution in [0.4, 0.5) is 4.39 Å². The molecule has 1 saturated carbocycles. The van der Waals surface area contributed by atoms with Crippen molar-refractivity contribution >= 4 is 11.8 Å². The molecule has 1 aliphatic rings. The minimum absolute atomic E-state index is 0.0123. The van der Waals surface area contributed by atoms with Crippen molar-refractivity contribution in [1.29, 1.82) is 0 Å². The third kappa shape index (κ3) is 7.42. The van der Waals surface area contributed by atoms with Gasteiger partial charge in [-0.1, -0.05) is 37.5 Å². The van der Waals surface area contributed by atoms with Crippen LogP contribution >= 0.6 is 0 Å². The van der Waals surface area contributed by atoms with E-state index in [9.17, 15) is 14.0 Å². The molecule has 1 N–H and O–H groups in total. The maximum absolute atomic E-state index is 14.1. The van der Waals surface area contributed by atoms with Crippen LogP contribution < -0.4 is 14.8 Å². The molecule has 0 saturated heterocycles. The second kappa shape index (κ2) is 14.2. The van der Waals surface area contributed by atoms with E-state index in [-0.39, 0.29) is 30.9 Å². The Morgan fingerprint density at radius 2 is 1.80 bits per heavy atom. The Morgan fingerprint density at radius 3 is 2.48 bits per heavy atom. The van der Waals surface area contributed by atoms with E-state index in [2.05, 4.69) is 20.7 Å². The van der Waals surface area contributed by atoms with Gasteiger partial charge in [-0.3, -0.25) is 9.59 Å². The number of nitrogens with one attached hydrogen (secondary N) is 1. The summed E-state index contributed by atoms with van der Waals surface area (Å²) >= 11 is 0. The first-order valence-corrected chi connectivity index (χ1v) is 14.8. The lowest BCUT2D eigenvalue weighted by Gasteiger charge is -2.33. The van der Waals surface area contributed by atoms with Crippen LogP contribution in [0.1, 0.15) is 55.0 Å². The molecule has 2 heterocycles. The largest absolute Gasteiger partial charge is 0.493 e. The van der Waals surface area contributed by atoms with E-state index in [1.165, 1.54) is 21.8 Å². The molecule has 232 valence electrons. The van der Waals surface area contributed by atoms with E-state index in [4.69, 9.17) is 13.9 Å². The molecule has 0 bridgehead atoms. The minimum Gasteiger partial charge on any atom is -0.493 e. The van der Waals surface area contributed by atoms with Crippen LogP contribution in [-0.4, -0.2) is 63.7 Å². The summed E-state index contributed by atoms with van der Waals surface area (Å²) < 4.78 is 30.4. The van der Waals surface area contributed by atoms with Gasteiger partial charge in [-0.2, -0.15) is 4.80 Å². The fourth-order valence-corrected chi connectivity index (χ4v) is 5.50. The second-order valence-electron chi connectivity index (χ2n) is 10.9. The van der Waals surface area contributed by atoms with Crippen LogP contribution in [0.15, 0.2) is 59.0 Å². The third-order valence-electron chi connectivity index (χ3n) is 7.80. The van der Waals surface area contributed by atoms with Gasteiger partial charge >= 0.3 is 0 Å². The topological polar surface area (TPSA) is 125 Å². The molecule has 2 aromatic heterocycles. The zero-order valence-electron chi connectivity index (χ0n) is 25.2. The zero-order chi connectivity index (χ0) is 31.1. The number of hydrogen-bond donors (Lipinski definition) is 1. The van der Waals surface area contributed by atoms with Gasteiger partial charge in [-0.05, 0) is 78.9 Å². The number of methoxy groups -OCH3 is 2. The molecular weight excluding hydrogens is 567 g/mol. The summed E-state index contributed by atoms with van der Waals surface area (Å²) in [5.74, 6) is 1.35. The highest BCUT2D eigenvalue weighted by atomic mass is 19.1. The summed E-state index contributed by atoms with van der Waals surface area (Å²) in [5, 5.41) is 15.6. The maximum atomic E-state index is 14.1.